The van der Waals surface area contributed by atoms with Gasteiger partial charge in [-0.2, -0.15) is 0 Å². The van der Waals surface area contributed by atoms with Crippen molar-refractivity contribution in [3.63, 3.8) is 0 Å². The molecule has 1 aliphatic rings. The van der Waals surface area contributed by atoms with E-state index in [0.29, 0.717) is 17.5 Å². The minimum atomic E-state index is -3.12. The summed E-state index contributed by atoms with van der Waals surface area (Å²) in [7, 11) is -3.12. The Bertz CT molecular complexity index is 898. The molecular formula is C20H22N2O4S. The van der Waals surface area contributed by atoms with Crippen LogP contribution in [0.25, 0.3) is 0 Å². The molecule has 2 aromatic rings. The van der Waals surface area contributed by atoms with E-state index in [2.05, 4.69) is 5.32 Å². The van der Waals surface area contributed by atoms with Crippen molar-refractivity contribution >= 4 is 21.7 Å². The van der Waals surface area contributed by atoms with Crippen LogP contribution in [0.5, 0.6) is 0 Å². The van der Waals surface area contributed by atoms with Gasteiger partial charge in [0.05, 0.1) is 11.5 Å². The van der Waals surface area contributed by atoms with Gasteiger partial charge in [-0.3, -0.25) is 9.59 Å². The van der Waals surface area contributed by atoms with Gasteiger partial charge in [-0.05, 0) is 30.7 Å². The smallest absolute Gasteiger partial charge is 0.254 e. The van der Waals surface area contributed by atoms with E-state index < -0.39 is 9.84 Å². The molecular weight excluding hydrogens is 364 g/mol. The minimum absolute atomic E-state index is 0.0296. The molecule has 1 N–H and O–H groups in total. The summed E-state index contributed by atoms with van der Waals surface area (Å²) in [6, 6.07) is 17.2. The van der Waals surface area contributed by atoms with Crippen molar-refractivity contribution in [2.45, 2.75) is 12.5 Å². The number of rotatable bonds is 6. The first-order valence-corrected chi connectivity index (χ1v) is 10.7. The second-order valence-electron chi connectivity index (χ2n) is 6.54. The lowest BCUT2D eigenvalue weighted by Gasteiger charge is -2.28. The number of hydrogen-bond acceptors (Lipinski definition) is 4. The van der Waals surface area contributed by atoms with E-state index in [9.17, 15) is 18.0 Å². The molecule has 1 heterocycles. The zero-order chi connectivity index (χ0) is 19.3. The Morgan fingerprint density at radius 3 is 2.11 bits per heavy atom. The molecule has 0 aliphatic carbocycles. The van der Waals surface area contributed by atoms with Gasteiger partial charge in [-0.25, -0.2) is 8.42 Å². The Morgan fingerprint density at radius 2 is 1.56 bits per heavy atom. The van der Waals surface area contributed by atoms with Gasteiger partial charge in [0.1, 0.15) is 0 Å². The standard InChI is InChI=1S/C20H22N2O4S/c23-19(16-7-3-1-4-8-16)21-12-13-22(18-11-14-27(25,26)15-18)20(24)17-9-5-2-6-10-17/h1-10,18H,11-15H2,(H,21,23). The maximum atomic E-state index is 12.9. The summed E-state index contributed by atoms with van der Waals surface area (Å²) in [6.07, 6.45) is 0.424. The normalized spacial score (nSPS) is 18.0. The van der Waals surface area contributed by atoms with Crippen LogP contribution in [0.2, 0.25) is 0 Å². The average Bonchev–Trinajstić information content (AvgIpc) is 3.05. The van der Waals surface area contributed by atoms with E-state index >= 15 is 0 Å². The van der Waals surface area contributed by atoms with Crippen molar-refractivity contribution < 1.29 is 18.0 Å². The lowest BCUT2D eigenvalue weighted by Crippen LogP contribution is -2.45. The van der Waals surface area contributed by atoms with E-state index in [4.69, 9.17) is 0 Å². The first-order valence-electron chi connectivity index (χ1n) is 8.86. The fourth-order valence-electron chi connectivity index (χ4n) is 3.20. The predicted molar refractivity (Wildman–Crippen MR) is 103 cm³/mol. The van der Waals surface area contributed by atoms with E-state index in [-0.39, 0.29) is 42.5 Å². The Morgan fingerprint density at radius 1 is 0.963 bits per heavy atom. The van der Waals surface area contributed by atoms with Gasteiger partial charge < -0.3 is 10.2 Å². The summed E-state index contributed by atoms with van der Waals surface area (Å²) < 4.78 is 23.7. The maximum absolute atomic E-state index is 12.9. The number of benzene rings is 2. The van der Waals surface area contributed by atoms with Gasteiger partial charge in [-0.1, -0.05) is 36.4 Å². The highest BCUT2D eigenvalue weighted by molar-refractivity contribution is 7.91. The first-order chi connectivity index (χ1) is 13.0. The number of carbonyl (C=O) groups excluding carboxylic acids is 2. The molecule has 0 radical (unpaired) electrons. The number of nitrogens with one attached hydrogen (secondary N) is 1. The van der Waals surface area contributed by atoms with Gasteiger partial charge >= 0.3 is 0 Å². The summed E-state index contributed by atoms with van der Waals surface area (Å²) in [6.45, 7) is 0.509. The fraction of sp³-hybridized carbons (Fsp3) is 0.300. The van der Waals surface area contributed by atoms with Crippen LogP contribution in [-0.4, -0.2) is 55.8 Å². The quantitative estimate of drug-likeness (QED) is 0.820. The molecule has 1 unspecified atom stereocenters. The van der Waals surface area contributed by atoms with Gasteiger partial charge in [0.15, 0.2) is 9.84 Å². The van der Waals surface area contributed by atoms with E-state index in [1.807, 2.05) is 12.1 Å². The summed E-state index contributed by atoms with van der Waals surface area (Å²) in [4.78, 5) is 26.7. The van der Waals surface area contributed by atoms with Crippen LogP contribution >= 0.6 is 0 Å². The molecule has 2 amide bonds. The third-order valence-electron chi connectivity index (χ3n) is 4.61. The number of amides is 2. The fourth-order valence-corrected chi connectivity index (χ4v) is 4.93. The summed E-state index contributed by atoms with van der Waals surface area (Å²) in [5.74, 6) is -0.376. The highest BCUT2D eigenvalue weighted by Crippen LogP contribution is 2.19. The highest BCUT2D eigenvalue weighted by Gasteiger charge is 2.34. The van der Waals surface area contributed by atoms with E-state index in [1.54, 1.807) is 53.4 Å². The summed E-state index contributed by atoms with van der Waals surface area (Å²) in [5, 5.41) is 2.80. The van der Waals surface area contributed by atoms with Crippen LogP contribution in [-0.2, 0) is 9.84 Å². The van der Waals surface area contributed by atoms with Gasteiger partial charge in [0.2, 0.25) is 0 Å². The molecule has 0 bridgehead atoms. The molecule has 0 saturated carbocycles. The molecule has 7 heteroatoms. The van der Waals surface area contributed by atoms with Gasteiger partial charge in [0, 0.05) is 30.3 Å². The zero-order valence-corrected chi connectivity index (χ0v) is 15.7. The predicted octanol–water partition coefficient (Wildman–Crippen LogP) is 1.75. The van der Waals surface area contributed by atoms with E-state index in [1.165, 1.54) is 0 Å². The second kappa shape index (κ2) is 8.35. The summed E-state index contributed by atoms with van der Waals surface area (Å²) >= 11 is 0. The Balaban J connectivity index is 1.68. The molecule has 0 spiro atoms. The molecule has 3 rings (SSSR count). The monoisotopic (exact) mass is 386 g/mol. The van der Waals surface area contributed by atoms with E-state index in [0.717, 1.165) is 0 Å². The molecule has 1 fully saturated rings. The zero-order valence-electron chi connectivity index (χ0n) is 14.9. The molecule has 1 atom stereocenters. The molecule has 1 aliphatic heterocycles. The van der Waals surface area contributed by atoms with Crippen LogP contribution in [0, 0.1) is 0 Å². The lowest BCUT2D eigenvalue weighted by molar-refractivity contribution is 0.0691. The summed E-state index contributed by atoms with van der Waals surface area (Å²) in [5.41, 5.74) is 1.05. The number of sulfone groups is 1. The Hall–Kier alpha value is -2.67. The number of nitrogens with zero attached hydrogens (tertiary/aromatic N) is 1. The van der Waals surface area contributed by atoms with Gasteiger partial charge in [-0.15, -0.1) is 0 Å². The van der Waals surface area contributed by atoms with Crippen LogP contribution in [0.4, 0.5) is 0 Å². The Kier molecular flexibility index (Phi) is 5.91. The topological polar surface area (TPSA) is 83.6 Å². The first kappa shape index (κ1) is 19.1. The molecule has 142 valence electrons. The maximum Gasteiger partial charge on any atom is 0.254 e. The van der Waals surface area contributed by atoms with Gasteiger partial charge in [0.25, 0.3) is 11.8 Å². The molecule has 1 saturated heterocycles. The Labute approximate surface area is 159 Å². The van der Waals surface area contributed by atoms with Crippen LogP contribution in [0.15, 0.2) is 60.7 Å². The highest BCUT2D eigenvalue weighted by atomic mass is 32.2. The second-order valence-corrected chi connectivity index (χ2v) is 8.77. The van der Waals surface area contributed by atoms with Crippen molar-refractivity contribution in [2.75, 3.05) is 24.6 Å². The average molecular weight is 386 g/mol. The third-order valence-corrected chi connectivity index (χ3v) is 6.36. The van der Waals surface area contributed by atoms with Crippen molar-refractivity contribution in [2.24, 2.45) is 0 Å². The minimum Gasteiger partial charge on any atom is -0.350 e. The third kappa shape index (κ3) is 4.95. The lowest BCUT2D eigenvalue weighted by atomic mass is 10.1. The molecule has 6 nitrogen and oxygen atoms in total. The van der Waals surface area contributed by atoms with Crippen molar-refractivity contribution in [1.29, 1.82) is 0 Å². The number of hydrogen-bond donors (Lipinski definition) is 1. The number of carbonyl (C=O) groups is 2. The van der Waals surface area contributed by atoms with Crippen LogP contribution < -0.4 is 5.32 Å². The largest absolute Gasteiger partial charge is 0.350 e. The SMILES string of the molecule is O=C(NCCN(C(=O)c1ccccc1)C1CCS(=O)(=O)C1)c1ccccc1. The molecule has 0 aromatic heterocycles. The van der Waals surface area contributed by atoms with Crippen molar-refractivity contribution in [3.8, 4) is 0 Å². The molecule has 2 aromatic carbocycles. The van der Waals surface area contributed by atoms with Crippen molar-refractivity contribution in [1.82, 2.24) is 10.2 Å². The van der Waals surface area contributed by atoms with Crippen LogP contribution in [0.3, 0.4) is 0 Å². The van der Waals surface area contributed by atoms with Crippen molar-refractivity contribution in [3.05, 3.63) is 71.8 Å². The molecule has 27 heavy (non-hydrogen) atoms. The van der Waals surface area contributed by atoms with Crippen LogP contribution in [0.1, 0.15) is 27.1 Å².